The Hall–Kier alpha value is -0.860. The molecule has 2 atom stereocenters. The molecule has 16 heavy (non-hydrogen) atoms. The van der Waals surface area contributed by atoms with Crippen LogP contribution < -0.4 is 5.30 Å². The highest BCUT2D eigenvalue weighted by molar-refractivity contribution is 7.27. The van der Waals surface area contributed by atoms with E-state index in [9.17, 15) is 4.39 Å². The van der Waals surface area contributed by atoms with Crippen molar-refractivity contribution in [2.75, 3.05) is 0 Å². The zero-order valence-corrected chi connectivity index (χ0v) is 11.0. The van der Waals surface area contributed by atoms with Gasteiger partial charge in [-0.2, -0.15) is 0 Å². The van der Waals surface area contributed by atoms with Crippen molar-refractivity contribution in [1.29, 1.82) is 0 Å². The van der Waals surface area contributed by atoms with Gasteiger partial charge in [0.05, 0.1) is 0 Å². The molecule has 86 valence electrons. The van der Waals surface area contributed by atoms with E-state index in [4.69, 9.17) is 6.42 Å². The summed E-state index contributed by atoms with van der Waals surface area (Å²) in [5, 5.41) is 0.674. The fourth-order valence-electron chi connectivity index (χ4n) is 1.68. The van der Waals surface area contributed by atoms with Crippen LogP contribution in [0.25, 0.3) is 0 Å². The van der Waals surface area contributed by atoms with Crippen molar-refractivity contribution in [3.8, 4) is 12.3 Å². The third-order valence-electron chi connectivity index (χ3n) is 2.98. The van der Waals surface area contributed by atoms with Crippen LogP contribution in [-0.4, -0.2) is 0 Å². The Morgan fingerprint density at radius 2 is 2.19 bits per heavy atom. The summed E-state index contributed by atoms with van der Waals surface area (Å²) in [7, 11) is 2.50. The summed E-state index contributed by atoms with van der Waals surface area (Å²) in [6.45, 7) is 4.11. The van der Waals surface area contributed by atoms with Gasteiger partial charge >= 0.3 is 0 Å². The molecule has 1 aromatic rings. The Kier molecular flexibility index (Phi) is 4.97. The number of benzene rings is 1. The number of hydrogen-bond donors (Lipinski definition) is 0. The molecule has 0 saturated carbocycles. The van der Waals surface area contributed by atoms with Gasteiger partial charge in [0.15, 0.2) is 0 Å². The highest BCUT2D eigenvalue weighted by Gasteiger charge is 2.13. The lowest BCUT2D eigenvalue weighted by Crippen LogP contribution is -2.11. The van der Waals surface area contributed by atoms with Crippen LogP contribution in [0.5, 0.6) is 0 Å². The van der Waals surface area contributed by atoms with Gasteiger partial charge in [0.25, 0.3) is 0 Å². The lowest BCUT2D eigenvalue weighted by molar-refractivity contribution is 0.589. The second-order valence-electron chi connectivity index (χ2n) is 4.05. The first-order valence-electron chi connectivity index (χ1n) is 5.62. The van der Waals surface area contributed by atoms with Crippen LogP contribution in [0.2, 0.25) is 0 Å². The van der Waals surface area contributed by atoms with Gasteiger partial charge in [0.2, 0.25) is 0 Å². The molecule has 2 heteroatoms. The first-order chi connectivity index (χ1) is 7.61. The van der Waals surface area contributed by atoms with Crippen molar-refractivity contribution < 1.29 is 4.39 Å². The van der Waals surface area contributed by atoms with Crippen molar-refractivity contribution in [1.82, 2.24) is 0 Å². The molecule has 0 radical (unpaired) electrons. The summed E-state index contributed by atoms with van der Waals surface area (Å²) < 4.78 is 14.1. The topological polar surface area (TPSA) is 0 Å². The highest BCUT2D eigenvalue weighted by Crippen LogP contribution is 2.23. The zero-order valence-electron chi connectivity index (χ0n) is 9.89. The average Bonchev–Trinajstić information content (AvgIpc) is 2.30. The highest BCUT2D eigenvalue weighted by atomic mass is 31.0. The monoisotopic (exact) mass is 236 g/mol. The van der Waals surface area contributed by atoms with Gasteiger partial charge in [-0.15, -0.1) is 21.6 Å². The number of hydrogen-bond acceptors (Lipinski definition) is 0. The average molecular weight is 236 g/mol. The largest absolute Gasteiger partial charge is 0.206 e. The lowest BCUT2D eigenvalue weighted by atomic mass is 9.96. The van der Waals surface area contributed by atoms with Gasteiger partial charge in [-0.1, -0.05) is 26.0 Å². The summed E-state index contributed by atoms with van der Waals surface area (Å²) in [5.74, 6) is 2.76. The molecular weight excluding hydrogens is 218 g/mol. The predicted octanol–water partition coefficient (Wildman–Crippen LogP) is 3.41. The lowest BCUT2D eigenvalue weighted by Gasteiger charge is -2.14. The molecule has 1 aromatic carbocycles. The van der Waals surface area contributed by atoms with Gasteiger partial charge in [-0.25, -0.2) is 4.39 Å². The Labute approximate surface area is 99.8 Å². The molecule has 2 unspecified atom stereocenters. The molecule has 0 saturated heterocycles. The minimum Gasteiger partial charge on any atom is -0.206 e. The van der Waals surface area contributed by atoms with E-state index in [2.05, 4.69) is 22.1 Å². The van der Waals surface area contributed by atoms with E-state index in [0.29, 0.717) is 11.7 Å². The SMILES string of the molecule is C#CCCc1ccc(C(C)CC)c(F)c1P. The number of rotatable bonds is 4. The Morgan fingerprint density at radius 1 is 1.50 bits per heavy atom. The molecular formula is C14H18FP. The Balaban J connectivity index is 3.04. The van der Waals surface area contributed by atoms with E-state index >= 15 is 0 Å². The molecule has 0 bridgehead atoms. The zero-order chi connectivity index (χ0) is 12.1. The van der Waals surface area contributed by atoms with E-state index in [1.807, 2.05) is 19.1 Å². The van der Waals surface area contributed by atoms with E-state index < -0.39 is 0 Å². The van der Waals surface area contributed by atoms with Crippen LogP contribution >= 0.6 is 9.24 Å². The van der Waals surface area contributed by atoms with Crippen LogP contribution in [0.15, 0.2) is 12.1 Å². The summed E-state index contributed by atoms with van der Waals surface area (Å²) in [4.78, 5) is 0. The summed E-state index contributed by atoms with van der Waals surface area (Å²) in [6, 6.07) is 3.88. The van der Waals surface area contributed by atoms with Gasteiger partial charge in [-0.3, -0.25) is 0 Å². The second-order valence-corrected chi connectivity index (χ2v) is 4.63. The van der Waals surface area contributed by atoms with Gasteiger partial charge < -0.3 is 0 Å². The van der Waals surface area contributed by atoms with Crippen molar-refractivity contribution in [2.45, 2.75) is 39.0 Å². The minimum absolute atomic E-state index is 0.0890. The summed E-state index contributed by atoms with van der Waals surface area (Å²) >= 11 is 0. The fraction of sp³-hybridized carbons (Fsp3) is 0.429. The molecule has 0 aromatic heterocycles. The predicted molar refractivity (Wildman–Crippen MR) is 71.6 cm³/mol. The van der Waals surface area contributed by atoms with Gasteiger partial charge in [0, 0.05) is 11.7 Å². The molecule has 1 rings (SSSR count). The van der Waals surface area contributed by atoms with Gasteiger partial charge in [-0.05, 0) is 29.9 Å². The minimum atomic E-state index is -0.0890. The van der Waals surface area contributed by atoms with E-state index in [1.54, 1.807) is 0 Å². The molecule has 0 fully saturated rings. The third-order valence-corrected chi connectivity index (χ3v) is 3.61. The second kappa shape index (κ2) is 6.02. The van der Waals surface area contributed by atoms with Crippen molar-refractivity contribution in [3.05, 3.63) is 29.1 Å². The first-order valence-corrected chi connectivity index (χ1v) is 6.19. The van der Waals surface area contributed by atoms with E-state index in [-0.39, 0.29) is 11.7 Å². The number of halogens is 1. The van der Waals surface area contributed by atoms with Crippen molar-refractivity contribution >= 4 is 14.5 Å². The van der Waals surface area contributed by atoms with Crippen LogP contribution in [0, 0.1) is 18.2 Å². The molecule has 0 spiro atoms. The van der Waals surface area contributed by atoms with Crippen LogP contribution in [0.4, 0.5) is 4.39 Å². The smallest absolute Gasteiger partial charge is 0.134 e. The van der Waals surface area contributed by atoms with Crippen LogP contribution in [0.1, 0.15) is 43.7 Å². The molecule has 0 aliphatic heterocycles. The normalized spacial score (nSPS) is 12.2. The molecule has 0 aliphatic carbocycles. The third kappa shape index (κ3) is 2.83. The summed E-state index contributed by atoms with van der Waals surface area (Å²) in [5.41, 5.74) is 1.80. The van der Waals surface area contributed by atoms with Crippen LogP contribution in [-0.2, 0) is 6.42 Å². The fourth-order valence-corrected chi connectivity index (χ4v) is 2.08. The molecule has 0 N–H and O–H groups in total. The Bertz CT molecular complexity index is 404. The van der Waals surface area contributed by atoms with Gasteiger partial charge in [0.1, 0.15) is 5.82 Å². The first kappa shape index (κ1) is 13.2. The van der Waals surface area contributed by atoms with Crippen molar-refractivity contribution in [3.63, 3.8) is 0 Å². The number of terminal acetylenes is 1. The van der Waals surface area contributed by atoms with Crippen molar-refractivity contribution in [2.24, 2.45) is 0 Å². The Morgan fingerprint density at radius 3 is 2.75 bits per heavy atom. The quantitative estimate of drug-likeness (QED) is 0.555. The van der Waals surface area contributed by atoms with Crippen LogP contribution in [0.3, 0.4) is 0 Å². The molecule has 0 nitrogen and oxygen atoms in total. The molecule has 0 heterocycles. The number of aryl methyl sites for hydroxylation is 1. The summed E-state index contributed by atoms with van der Waals surface area (Å²) in [6.07, 6.45) is 7.56. The standard InChI is InChI=1S/C14H18FP/c1-4-6-7-11-8-9-12(10(3)5-2)13(15)14(11)16/h1,8-10H,5-7,16H2,2-3H3. The molecule has 0 amide bonds. The van der Waals surface area contributed by atoms with E-state index in [0.717, 1.165) is 24.0 Å². The van der Waals surface area contributed by atoms with E-state index in [1.165, 1.54) is 0 Å². The maximum atomic E-state index is 14.1. The maximum absolute atomic E-state index is 14.1. The molecule has 0 aliphatic rings. The maximum Gasteiger partial charge on any atom is 0.134 e.